The molecule has 0 heterocycles. The first-order valence-corrected chi connectivity index (χ1v) is 9.53. The SMILES string of the molecule is COc1ccc(CCC(=O)N(C)CC(=O)Nc2cccc(C)c2C)cc1Br. The topological polar surface area (TPSA) is 58.6 Å². The monoisotopic (exact) mass is 432 g/mol. The van der Waals surface area contributed by atoms with E-state index in [0.29, 0.717) is 12.8 Å². The minimum Gasteiger partial charge on any atom is -0.496 e. The molecule has 27 heavy (non-hydrogen) atoms. The highest BCUT2D eigenvalue weighted by atomic mass is 79.9. The Labute approximate surface area is 168 Å². The first kappa shape index (κ1) is 21.0. The number of benzene rings is 2. The van der Waals surface area contributed by atoms with Crippen molar-refractivity contribution in [1.29, 1.82) is 0 Å². The molecular formula is C21H25BrN2O3. The molecular weight excluding hydrogens is 408 g/mol. The summed E-state index contributed by atoms with van der Waals surface area (Å²) in [4.78, 5) is 26.1. The van der Waals surface area contributed by atoms with Gasteiger partial charge in [-0.15, -0.1) is 0 Å². The fraction of sp³-hybridized carbons (Fsp3) is 0.333. The third-order valence-corrected chi connectivity index (χ3v) is 5.15. The molecule has 0 aromatic heterocycles. The number of methoxy groups -OCH3 is 1. The van der Waals surface area contributed by atoms with Gasteiger partial charge in [0.25, 0.3) is 0 Å². The number of anilines is 1. The summed E-state index contributed by atoms with van der Waals surface area (Å²) in [5, 5.41) is 2.88. The largest absolute Gasteiger partial charge is 0.496 e. The molecule has 2 aromatic rings. The molecule has 2 aromatic carbocycles. The molecule has 144 valence electrons. The molecule has 0 fully saturated rings. The molecule has 0 saturated heterocycles. The highest BCUT2D eigenvalue weighted by Gasteiger charge is 2.14. The Morgan fingerprint density at radius 2 is 1.93 bits per heavy atom. The Kier molecular flexibility index (Phi) is 7.42. The van der Waals surface area contributed by atoms with Crippen LogP contribution in [-0.4, -0.2) is 37.4 Å². The van der Waals surface area contributed by atoms with E-state index in [9.17, 15) is 9.59 Å². The molecule has 0 aliphatic carbocycles. The summed E-state index contributed by atoms with van der Waals surface area (Å²) in [6.07, 6.45) is 0.941. The molecule has 0 bridgehead atoms. The van der Waals surface area contributed by atoms with E-state index in [1.165, 1.54) is 4.90 Å². The van der Waals surface area contributed by atoms with Crippen LogP contribution >= 0.6 is 15.9 Å². The van der Waals surface area contributed by atoms with Crippen molar-refractivity contribution in [3.05, 3.63) is 57.6 Å². The van der Waals surface area contributed by atoms with E-state index in [1.54, 1.807) is 14.2 Å². The van der Waals surface area contributed by atoms with Crippen molar-refractivity contribution < 1.29 is 14.3 Å². The van der Waals surface area contributed by atoms with E-state index in [0.717, 1.165) is 32.6 Å². The minimum atomic E-state index is -0.202. The van der Waals surface area contributed by atoms with Gasteiger partial charge in [0.1, 0.15) is 5.75 Å². The van der Waals surface area contributed by atoms with E-state index < -0.39 is 0 Å². The number of rotatable bonds is 7. The van der Waals surface area contributed by atoms with Crippen molar-refractivity contribution in [1.82, 2.24) is 4.90 Å². The lowest BCUT2D eigenvalue weighted by atomic mass is 10.1. The van der Waals surface area contributed by atoms with E-state index in [2.05, 4.69) is 21.2 Å². The summed E-state index contributed by atoms with van der Waals surface area (Å²) in [6.45, 7) is 3.99. The van der Waals surface area contributed by atoms with E-state index in [-0.39, 0.29) is 18.4 Å². The number of aryl methyl sites for hydroxylation is 2. The van der Waals surface area contributed by atoms with Gasteiger partial charge in [0.2, 0.25) is 11.8 Å². The fourth-order valence-electron chi connectivity index (χ4n) is 2.69. The van der Waals surface area contributed by atoms with Gasteiger partial charge in [-0.3, -0.25) is 9.59 Å². The second-order valence-corrected chi connectivity index (χ2v) is 7.37. The van der Waals surface area contributed by atoms with Crippen molar-refractivity contribution in [3.63, 3.8) is 0 Å². The van der Waals surface area contributed by atoms with E-state index in [1.807, 2.05) is 50.2 Å². The third-order valence-electron chi connectivity index (χ3n) is 4.53. The zero-order valence-corrected chi connectivity index (χ0v) is 17.7. The average Bonchev–Trinajstić information content (AvgIpc) is 2.63. The maximum atomic E-state index is 12.3. The standard InChI is InChI=1S/C21H25BrN2O3/c1-14-6-5-7-18(15(14)2)23-20(25)13-24(3)21(26)11-9-16-8-10-19(27-4)17(22)12-16/h5-8,10,12H,9,11,13H2,1-4H3,(H,23,25). The maximum Gasteiger partial charge on any atom is 0.243 e. The minimum absolute atomic E-state index is 0.0263. The zero-order valence-electron chi connectivity index (χ0n) is 16.1. The zero-order chi connectivity index (χ0) is 20.0. The number of hydrogen-bond donors (Lipinski definition) is 1. The quantitative estimate of drug-likeness (QED) is 0.715. The molecule has 0 spiro atoms. The van der Waals surface area contributed by atoms with Gasteiger partial charge < -0.3 is 15.0 Å². The van der Waals surface area contributed by atoms with E-state index in [4.69, 9.17) is 4.74 Å². The molecule has 2 amide bonds. The number of carbonyl (C=O) groups excluding carboxylic acids is 2. The molecule has 2 rings (SSSR count). The van der Waals surface area contributed by atoms with Gasteiger partial charge in [-0.1, -0.05) is 18.2 Å². The van der Waals surface area contributed by atoms with Gasteiger partial charge in [0.15, 0.2) is 0 Å². The highest BCUT2D eigenvalue weighted by molar-refractivity contribution is 9.10. The number of hydrogen-bond acceptors (Lipinski definition) is 3. The van der Waals surface area contributed by atoms with Crippen LogP contribution in [0.5, 0.6) is 5.75 Å². The number of likely N-dealkylation sites (N-methyl/N-ethyl adjacent to an activating group) is 1. The third kappa shape index (κ3) is 5.82. The van der Waals surface area contributed by atoms with Gasteiger partial charge in [0.05, 0.1) is 18.1 Å². The molecule has 0 aliphatic heterocycles. The van der Waals surface area contributed by atoms with Crippen molar-refractivity contribution in [3.8, 4) is 5.75 Å². The van der Waals surface area contributed by atoms with E-state index >= 15 is 0 Å². The smallest absolute Gasteiger partial charge is 0.243 e. The fourth-order valence-corrected chi connectivity index (χ4v) is 3.28. The van der Waals surface area contributed by atoms with Crippen LogP contribution in [0.1, 0.15) is 23.1 Å². The molecule has 0 aliphatic rings. The molecule has 6 heteroatoms. The first-order valence-electron chi connectivity index (χ1n) is 8.74. The van der Waals surface area contributed by atoms with Gasteiger partial charge in [-0.05, 0) is 71.1 Å². The summed E-state index contributed by atoms with van der Waals surface area (Å²) in [5.74, 6) is 0.482. The predicted octanol–water partition coefficient (Wildman–Crippen LogP) is 4.10. The summed E-state index contributed by atoms with van der Waals surface area (Å²) in [6, 6.07) is 11.5. The Bertz CT molecular complexity index is 836. The first-order chi connectivity index (χ1) is 12.8. The molecule has 0 atom stereocenters. The summed E-state index contributed by atoms with van der Waals surface area (Å²) in [5.41, 5.74) is 3.96. The average molecular weight is 433 g/mol. The molecule has 5 nitrogen and oxygen atoms in total. The van der Waals surface area contributed by atoms with Crippen LogP contribution in [-0.2, 0) is 16.0 Å². The lowest BCUT2D eigenvalue weighted by Gasteiger charge is -2.18. The molecule has 0 saturated carbocycles. The number of carbonyl (C=O) groups is 2. The number of nitrogens with zero attached hydrogens (tertiary/aromatic N) is 1. The predicted molar refractivity (Wildman–Crippen MR) is 111 cm³/mol. The maximum absolute atomic E-state index is 12.3. The Morgan fingerprint density at radius 1 is 1.19 bits per heavy atom. The normalized spacial score (nSPS) is 10.4. The van der Waals surface area contributed by atoms with Crippen molar-refractivity contribution in [2.45, 2.75) is 26.7 Å². The summed E-state index contributed by atoms with van der Waals surface area (Å²) >= 11 is 3.45. The Hall–Kier alpha value is -2.34. The number of ether oxygens (including phenoxy) is 1. The van der Waals surface area contributed by atoms with Crippen LogP contribution in [0.3, 0.4) is 0 Å². The second kappa shape index (κ2) is 9.55. The summed E-state index contributed by atoms with van der Waals surface area (Å²) < 4.78 is 6.06. The van der Waals surface area contributed by atoms with Crippen LogP contribution < -0.4 is 10.1 Å². The van der Waals surface area contributed by atoms with Crippen LogP contribution in [0.2, 0.25) is 0 Å². The molecule has 0 radical (unpaired) electrons. The van der Waals surface area contributed by atoms with Crippen LogP contribution in [0, 0.1) is 13.8 Å². The van der Waals surface area contributed by atoms with Gasteiger partial charge in [-0.25, -0.2) is 0 Å². The van der Waals surface area contributed by atoms with Gasteiger partial charge in [0, 0.05) is 19.2 Å². The van der Waals surface area contributed by atoms with Crippen LogP contribution in [0.25, 0.3) is 0 Å². The number of amides is 2. The second-order valence-electron chi connectivity index (χ2n) is 6.51. The van der Waals surface area contributed by atoms with Crippen LogP contribution in [0.4, 0.5) is 5.69 Å². The number of halogens is 1. The lowest BCUT2D eigenvalue weighted by Crippen LogP contribution is -2.35. The van der Waals surface area contributed by atoms with Gasteiger partial charge in [-0.2, -0.15) is 0 Å². The lowest BCUT2D eigenvalue weighted by molar-refractivity contribution is -0.133. The Morgan fingerprint density at radius 3 is 2.59 bits per heavy atom. The highest BCUT2D eigenvalue weighted by Crippen LogP contribution is 2.26. The van der Waals surface area contributed by atoms with Crippen molar-refractivity contribution >= 4 is 33.4 Å². The van der Waals surface area contributed by atoms with Crippen LogP contribution in [0.15, 0.2) is 40.9 Å². The molecule has 0 unspecified atom stereocenters. The molecule has 1 N–H and O–H groups in total. The number of nitrogens with one attached hydrogen (secondary N) is 1. The Balaban J connectivity index is 1.86. The van der Waals surface area contributed by atoms with Gasteiger partial charge >= 0.3 is 0 Å². The van der Waals surface area contributed by atoms with Crippen molar-refractivity contribution in [2.24, 2.45) is 0 Å². The van der Waals surface area contributed by atoms with Crippen molar-refractivity contribution in [2.75, 3.05) is 26.0 Å². The summed E-state index contributed by atoms with van der Waals surface area (Å²) in [7, 11) is 3.26.